The van der Waals surface area contributed by atoms with E-state index in [-0.39, 0.29) is 11.9 Å². The van der Waals surface area contributed by atoms with Crippen molar-refractivity contribution in [1.29, 1.82) is 0 Å². The highest BCUT2D eigenvalue weighted by molar-refractivity contribution is 5.81. The Bertz CT molecular complexity index is 867. The molecule has 1 aromatic carbocycles. The van der Waals surface area contributed by atoms with Crippen LogP contribution in [0.1, 0.15) is 49.3 Å². The quantitative estimate of drug-likeness (QED) is 0.809. The SMILES string of the molecule is CC[C@@H](Oc1ccccc1OC)C(=O)N1CCc2nc([C@@H]3CCCN3)ncc2C1. The molecule has 2 aliphatic heterocycles. The van der Waals surface area contributed by atoms with Gasteiger partial charge in [-0.05, 0) is 37.9 Å². The van der Waals surface area contributed by atoms with Crippen LogP contribution in [0.4, 0.5) is 0 Å². The first kappa shape index (κ1) is 19.6. The molecule has 3 heterocycles. The van der Waals surface area contributed by atoms with E-state index in [9.17, 15) is 4.79 Å². The van der Waals surface area contributed by atoms with E-state index < -0.39 is 6.10 Å². The van der Waals surface area contributed by atoms with Crippen LogP contribution in [0.3, 0.4) is 0 Å². The molecular weight excluding hydrogens is 368 g/mol. The van der Waals surface area contributed by atoms with Crippen LogP contribution < -0.4 is 14.8 Å². The van der Waals surface area contributed by atoms with E-state index in [1.165, 1.54) is 0 Å². The largest absolute Gasteiger partial charge is 0.493 e. The van der Waals surface area contributed by atoms with Gasteiger partial charge in [0.1, 0.15) is 5.82 Å². The van der Waals surface area contributed by atoms with Gasteiger partial charge in [0.15, 0.2) is 17.6 Å². The number of benzene rings is 1. The first-order valence-electron chi connectivity index (χ1n) is 10.4. The molecule has 1 amide bonds. The molecule has 2 aromatic rings. The summed E-state index contributed by atoms with van der Waals surface area (Å²) in [6.07, 6.45) is 4.92. The molecule has 0 saturated carbocycles. The number of methoxy groups -OCH3 is 1. The fraction of sp³-hybridized carbons (Fsp3) is 0.500. The number of rotatable bonds is 6. The highest BCUT2D eigenvalue weighted by atomic mass is 16.5. The van der Waals surface area contributed by atoms with Gasteiger partial charge in [0.05, 0.1) is 18.8 Å². The molecule has 154 valence electrons. The average molecular weight is 396 g/mol. The van der Waals surface area contributed by atoms with Gasteiger partial charge in [-0.1, -0.05) is 19.1 Å². The lowest BCUT2D eigenvalue weighted by molar-refractivity contribution is -0.139. The third-order valence-electron chi connectivity index (χ3n) is 5.62. The van der Waals surface area contributed by atoms with Gasteiger partial charge >= 0.3 is 0 Å². The molecule has 29 heavy (non-hydrogen) atoms. The molecule has 1 N–H and O–H groups in total. The minimum absolute atomic E-state index is 0.00871. The van der Waals surface area contributed by atoms with Gasteiger partial charge in [-0.3, -0.25) is 4.79 Å². The van der Waals surface area contributed by atoms with Gasteiger partial charge in [-0.15, -0.1) is 0 Å². The van der Waals surface area contributed by atoms with Gasteiger partial charge < -0.3 is 19.7 Å². The van der Waals surface area contributed by atoms with Crippen LogP contribution in [-0.4, -0.2) is 47.1 Å². The first-order chi connectivity index (χ1) is 14.2. The number of carbonyl (C=O) groups is 1. The van der Waals surface area contributed by atoms with Gasteiger partial charge in [0.25, 0.3) is 5.91 Å². The summed E-state index contributed by atoms with van der Waals surface area (Å²) >= 11 is 0. The van der Waals surface area contributed by atoms with E-state index >= 15 is 0 Å². The third-order valence-corrected chi connectivity index (χ3v) is 5.62. The van der Waals surface area contributed by atoms with Crippen LogP contribution in [0, 0.1) is 0 Å². The molecule has 0 spiro atoms. The van der Waals surface area contributed by atoms with Gasteiger partial charge in [-0.2, -0.15) is 0 Å². The Kier molecular flexibility index (Phi) is 5.94. The predicted octanol–water partition coefficient (Wildman–Crippen LogP) is 2.65. The van der Waals surface area contributed by atoms with E-state index in [1.807, 2.05) is 42.3 Å². The lowest BCUT2D eigenvalue weighted by Crippen LogP contribution is -2.44. The molecule has 1 fully saturated rings. The molecule has 0 aliphatic carbocycles. The van der Waals surface area contributed by atoms with Crippen LogP contribution in [0.5, 0.6) is 11.5 Å². The normalized spacial score (nSPS) is 19.5. The third kappa shape index (κ3) is 4.19. The molecule has 0 unspecified atom stereocenters. The van der Waals surface area contributed by atoms with Crippen molar-refractivity contribution in [2.75, 3.05) is 20.2 Å². The average Bonchev–Trinajstić information content (AvgIpc) is 3.31. The number of carbonyl (C=O) groups excluding carboxylic acids is 1. The van der Waals surface area contributed by atoms with Crippen LogP contribution >= 0.6 is 0 Å². The summed E-state index contributed by atoms with van der Waals surface area (Å²) in [5.41, 5.74) is 2.09. The molecule has 2 aliphatic rings. The van der Waals surface area contributed by atoms with Crippen molar-refractivity contribution in [2.45, 2.75) is 51.3 Å². The molecule has 4 rings (SSSR count). The fourth-order valence-electron chi connectivity index (χ4n) is 3.97. The second-order valence-electron chi connectivity index (χ2n) is 7.52. The van der Waals surface area contributed by atoms with Crippen molar-refractivity contribution in [3.63, 3.8) is 0 Å². The number of nitrogens with one attached hydrogen (secondary N) is 1. The Morgan fingerprint density at radius 1 is 1.34 bits per heavy atom. The fourth-order valence-corrected chi connectivity index (χ4v) is 3.97. The summed E-state index contributed by atoms with van der Waals surface area (Å²) in [7, 11) is 1.60. The monoisotopic (exact) mass is 396 g/mol. The molecular formula is C22H28N4O3. The molecule has 7 heteroatoms. The number of fused-ring (bicyclic) bond motifs is 1. The van der Waals surface area contributed by atoms with E-state index in [1.54, 1.807) is 7.11 Å². The van der Waals surface area contributed by atoms with Crippen molar-refractivity contribution in [3.8, 4) is 11.5 Å². The zero-order chi connectivity index (χ0) is 20.2. The van der Waals surface area contributed by atoms with Crippen molar-refractivity contribution < 1.29 is 14.3 Å². The number of hydrogen-bond donors (Lipinski definition) is 1. The molecule has 1 aromatic heterocycles. The Hall–Kier alpha value is -2.67. The summed E-state index contributed by atoms with van der Waals surface area (Å²) in [6, 6.07) is 7.68. The van der Waals surface area contributed by atoms with Crippen LogP contribution in [-0.2, 0) is 17.8 Å². The maximum absolute atomic E-state index is 13.1. The van der Waals surface area contributed by atoms with Crippen molar-refractivity contribution in [3.05, 3.63) is 47.5 Å². The van der Waals surface area contributed by atoms with E-state index in [4.69, 9.17) is 14.5 Å². The predicted molar refractivity (Wildman–Crippen MR) is 109 cm³/mol. The lowest BCUT2D eigenvalue weighted by Gasteiger charge is -2.31. The van der Waals surface area contributed by atoms with Crippen LogP contribution in [0.25, 0.3) is 0 Å². The van der Waals surface area contributed by atoms with Gasteiger partial charge in [0, 0.05) is 31.3 Å². The summed E-state index contributed by atoms with van der Waals surface area (Å²) in [6.45, 7) is 4.16. The minimum atomic E-state index is -0.546. The maximum atomic E-state index is 13.1. The second kappa shape index (κ2) is 8.78. The number of ether oxygens (including phenoxy) is 2. The van der Waals surface area contributed by atoms with E-state index in [2.05, 4.69) is 10.3 Å². The first-order valence-corrected chi connectivity index (χ1v) is 10.4. The number of aromatic nitrogens is 2. The smallest absolute Gasteiger partial charge is 0.263 e. The summed E-state index contributed by atoms with van der Waals surface area (Å²) < 4.78 is 11.4. The van der Waals surface area contributed by atoms with Gasteiger partial charge in [0.2, 0.25) is 0 Å². The van der Waals surface area contributed by atoms with E-state index in [0.717, 1.165) is 42.9 Å². The highest BCUT2D eigenvalue weighted by Gasteiger charge is 2.30. The molecule has 1 saturated heterocycles. The van der Waals surface area contributed by atoms with E-state index in [0.29, 0.717) is 31.0 Å². The van der Waals surface area contributed by atoms with Crippen molar-refractivity contribution in [2.24, 2.45) is 0 Å². The Labute approximate surface area is 171 Å². The van der Waals surface area contributed by atoms with Crippen LogP contribution in [0.2, 0.25) is 0 Å². The Morgan fingerprint density at radius 2 is 2.17 bits per heavy atom. The topological polar surface area (TPSA) is 76.6 Å². The Balaban J connectivity index is 1.45. The summed E-state index contributed by atoms with van der Waals surface area (Å²) in [5.74, 6) is 2.09. The van der Waals surface area contributed by atoms with Crippen LogP contribution in [0.15, 0.2) is 30.5 Å². The summed E-state index contributed by atoms with van der Waals surface area (Å²) in [4.78, 5) is 24.3. The highest BCUT2D eigenvalue weighted by Crippen LogP contribution is 2.28. The number of nitrogens with zero attached hydrogens (tertiary/aromatic N) is 3. The Morgan fingerprint density at radius 3 is 2.90 bits per heavy atom. The zero-order valence-corrected chi connectivity index (χ0v) is 17.1. The lowest BCUT2D eigenvalue weighted by atomic mass is 10.1. The number of para-hydroxylation sites is 2. The number of amides is 1. The molecule has 0 radical (unpaired) electrons. The molecule has 7 nitrogen and oxygen atoms in total. The van der Waals surface area contributed by atoms with Crippen molar-refractivity contribution in [1.82, 2.24) is 20.2 Å². The molecule has 2 atom stereocenters. The second-order valence-corrected chi connectivity index (χ2v) is 7.52. The standard InChI is InChI=1S/C22H28N4O3/c1-3-18(29-20-9-5-4-8-19(20)28-2)22(27)26-12-10-16-15(14-26)13-24-21(25-16)17-7-6-11-23-17/h4-5,8-9,13,17-18,23H,3,6-7,10-12,14H2,1-2H3/t17-,18+/m0/s1. The summed E-state index contributed by atoms with van der Waals surface area (Å²) in [5, 5.41) is 3.45. The zero-order valence-electron chi connectivity index (χ0n) is 17.1. The minimum Gasteiger partial charge on any atom is -0.493 e. The van der Waals surface area contributed by atoms with Gasteiger partial charge in [-0.25, -0.2) is 9.97 Å². The maximum Gasteiger partial charge on any atom is 0.263 e. The number of hydrogen-bond acceptors (Lipinski definition) is 6. The van der Waals surface area contributed by atoms with Crippen molar-refractivity contribution >= 4 is 5.91 Å². The molecule has 0 bridgehead atoms.